The molecule has 5 nitrogen and oxygen atoms in total. The monoisotopic (exact) mass is 369 g/mol. The first kappa shape index (κ1) is 17.3. The molecule has 4 rings (SSSR count). The van der Waals surface area contributed by atoms with Gasteiger partial charge >= 0.3 is 0 Å². The van der Waals surface area contributed by atoms with Gasteiger partial charge in [-0.2, -0.15) is 0 Å². The van der Waals surface area contributed by atoms with Gasteiger partial charge in [0.1, 0.15) is 0 Å². The van der Waals surface area contributed by atoms with Crippen LogP contribution in [-0.4, -0.2) is 33.2 Å². The SMILES string of the molecule is CN(Cc1ccccc1)C(=O)CC1CSc2nc3c(c(=O)n21)CCCC3. The summed E-state index contributed by atoms with van der Waals surface area (Å²) in [6.07, 6.45) is 4.24. The van der Waals surface area contributed by atoms with E-state index in [1.165, 1.54) is 0 Å². The van der Waals surface area contributed by atoms with E-state index >= 15 is 0 Å². The van der Waals surface area contributed by atoms with Crippen LogP contribution < -0.4 is 5.56 Å². The Kier molecular flexibility index (Phi) is 4.85. The molecule has 2 aromatic rings. The summed E-state index contributed by atoms with van der Waals surface area (Å²) < 4.78 is 1.78. The maximum Gasteiger partial charge on any atom is 0.257 e. The smallest absolute Gasteiger partial charge is 0.257 e. The largest absolute Gasteiger partial charge is 0.341 e. The van der Waals surface area contributed by atoms with Gasteiger partial charge in [0.25, 0.3) is 5.56 Å². The van der Waals surface area contributed by atoms with Gasteiger partial charge in [-0.1, -0.05) is 42.1 Å². The molecule has 1 aliphatic heterocycles. The number of rotatable bonds is 4. The second-order valence-corrected chi connectivity index (χ2v) is 8.09. The standard InChI is InChI=1S/C20H23N3O2S/c1-22(12-14-7-3-2-4-8-14)18(24)11-15-13-26-20-21-17-10-6-5-9-16(17)19(25)23(15)20/h2-4,7-8,15H,5-6,9-13H2,1H3. The highest BCUT2D eigenvalue weighted by atomic mass is 32.2. The lowest BCUT2D eigenvalue weighted by Crippen LogP contribution is -2.34. The predicted molar refractivity (Wildman–Crippen MR) is 102 cm³/mol. The summed E-state index contributed by atoms with van der Waals surface area (Å²) in [6.45, 7) is 0.587. The van der Waals surface area contributed by atoms with Crippen molar-refractivity contribution in [1.82, 2.24) is 14.5 Å². The van der Waals surface area contributed by atoms with Crippen molar-refractivity contribution in [3.8, 4) is 0 Å². The van der Waals surface area contributed by atoms with Gasteiger partial charge in [-0.3, -0.25) is 14.2 Å². The summed E-state index contributed by atoms with van der Waals surface area (Å²) >= 11 is 1.60. The topological polar surface area (TPSA) is 55.2 Å². The van der Waals surface area contributed by atoms with Crippen molar-refractivity contribution >= 4 is 17.7 Å². The number of aromatic nitrogens is 2. The molecular weight excluding hydrogens is 346 g/mol. The summed E-state index contributed by atoms with van der Waals surface area (Å²) in [5.41, 5.74) is 3.04. The quantitative estimate of drug-likeness (QED) is 0.778. The van der Waals surface area contributed by atoms with E-state index in [0.29, 0.717) is 13.0 Å². The summed E-state index contributed by atoms with van der Waals surface area (Å²) in [7, 11) is 1.83. The average molecular weight is 369 g/mol. The van der Waals surface area contributed by atoms with Gasteiger partial charge in [0, 0.05) is 31.3 Å². The van der Waals surface area contributed by atoms with Gasteiger partial charge in [-0.15, -0.1) is 0 Å². The second-order valence-electron chi connectivity index (χ2n) is 7.11. The van der Waals surface area contributed by atoms with Crippen LogP contribution in [-0.2, 0) is 24.2 Å². The highest BCUT2D eigenvalue weighted by Gasteiger charge is 2.31. The van der Waals surface area contributed by atoms with Gasteiger partial charge in [0.2, 0.25) is 5.91 Å². The van der Waals surface area contributed by atoms with E-state index in [9.17, 15) is 9.59 Å². The Hall–Kier alpha value is -2.08. The molecule has 136 valence electrons. The van der Waals surface area contributed by atoms with Crippen LogP contribution in [0.25, 0.3) is 0 Å². The molecule has 6 heteroatoms. The molecular formula is C20H23N3O2S. The molecule has 1 atom stereocenters. The molecule has 0 N–H and O–H groups in total. The molecule has 26 heavy (non-hydrogen) atoms. The van der Waals surface area contributed by atoms with Crippen molar-refractivity contribution < 1.29 is 4.79 Å². The Morgan fingerprint density at radius 3 is 2.85 bits per heavy atom. The van der Waals surface area contributed by atoms with Crippen LogP contribution in [0.2, 0.25) is 0 Å². The summed E-state index contributed by atoms with van der Waals surface area (Å²) in [5.74, 6) is 0.813. The third-order valence-corrected chi connectivity index (χ3v) is 6.32. The van der Waals surface area contributed by atoms with E-state index in [-0.39, 0.29) is 17.5 Å². The minimum Gasteiger partial charge on any atom is -0.341 e. The van der Waals surface area contributed by atoms with Crippen molar-refractivity contribution in [3.63, 3.8) is 0 Å². The van der Waals surface area contributed by atoms with Crippen LogP contribution in [0.15, 0.2) is 40.3 Å². The molecule has 0 spiro atoms. The summed E-state index contributed by atoms with van der Waals surface area (Å²) in [6, 6.07) is 9.87. The first-order chi connectivity index (χ1) is 12.6. The van der Waals surface area contributed by atoms with Crippen LogP contribution >= 0.6 is 11.8 Å². The molecule has 2 aliphatic rings. The number of hydrogen-bond acceptors (Lipinski definition) is 4. The predicted octanol–water partition coefficient (Wildman–Crippen LogP) is 2.82. The van der Waals surface area contributed by atoms with Crippen molar-refractivity contribution in [2.24, 2.45) is 0 Å². The molecule has 0 radical (unpaired) electrons. The van der Waals surface area contributed by atoms with Crippen molar-refractivity contribution in [1.29, 1.82) is 0 Å². The molecule has 2 heterocycles. The van der Waals surface area contributed by atoms with E-state index in [2.05, 4.69) is 0 Å². The number of carbonyl (C=O) groups is 1. The molecule has 1 aliphatic carbocycles. The highest BCUT2D eigenvalue weighted by Crippen LogP contribution is 2.34. The zero-order valence-electron chi connectivity index (χ0n) is 15.0. The van der Waals surface area contributed by atoms with Crippen LogP contribution in [0, 0.1) is 0 Å². The first-order valence-corrected chi connectivity index (χ1v) is 10.2. The van der Waals surface area contributed by atoms with E-state index in [1.807, 2.05) is 37.4 Å². The number of thioether (sulfide) groups is 1. The lowest BCUT2D eigenvalue weighted by Gasteiger charge is -2.21. The van der Waals surface area contributed by atoms with Gasteiger partial charge in [0.05, 0.1) is 11.7 Å². The minimum atomic E-state index is -0.0899. The Bertz CT molecular complexity index is 879. The molecule has 0 fully saturated rings. The van der Waals surface area contributed by atoms with Crippen LogP contribution in [0.5, 0.6) is 0 Å². The van der Waals surface area contributed by atoms with E-state index < -0.39 is 0 Å². The lowest BCUT2D eigenvalue weighted by molar-refractivity contribution is -0.131. The van der Waals surface area contributed by atoms with E-state index in [0.717, 1.165) is 53.4 Å². The maximum absolute atomic E-state index is 12.9. The van der Waals surface area contributed by atoms with Crippen molar-refractivity contribution in [2.45, 2.75) is 49.8 Å². The van der Waals surface area contributed by atoms with Crippen molar-refractivity contribution in [2.75, 3.05) is 12.8 Å². The van der Waals surface area contributed by atoms with E-state index in [1.54, 1.807) is 21.2 Å². The normalized spacial score (nSPS) is 18.3. The van der Waals surface area contributed by atoms with E-state index in [4.69, 9.17) is 4.98 Å². The summed E-state index contributed by atoms with van der Waals surface area (Å²) in [5, 5.41) is 0.791. The van der Waals surface area contributed by atoms with Crippen LogP contribution in [0.3, 0.4) is 0 Å². The van der Waals surface area contributed by atoms with Gasteiger partial charge < -0.3 is 4.90 Å². The average Bonchev–Trinajstić information content (AvgIpc) is 3.05. The first-order valence-electron chi connectivity index (χ1n) is 9.18. The second kappa shape index (κ2) is 7.27. The number of nitrogens with zero attached hydrogens (tertiary/aromatic N) is 3. The number of hydrogen-bond donors (Lipinski definition) is 0. The number of amides is 1. The fraction of sp³-hybridized carbons (Fsp3) is 0.450. The molecule has 1 aromatic heterocycles. The summed E-state index contributed by atoms with van der Waals surface area (Å²) in [4.78, 5) is 32.1. The van der Waals surface area contributed by atoms with Gasteiger partial charge in [-0.05, 0) is 31.2 Å². The molecule has 0 saturated heterocycles. The maximum atomic E-state index is 12.9. The zero-order chi connectivity index (χ0) is 18.1. The van der Waals surface area contributed by atoms with Gasteiger partial charge in [0.15, 0.2) is 5.16 Å². The minimum absolute atomic E-state index is 0.0666. The van der Waals surface area contributed by atoms with Crippen molar-refractivity contribution in [3.05, 3.63) is 57.5 Å². The third-order valence-electron chi connectivity index (χ3n) is 5.22. The molecule has 1 amide bonds. The number of benzene rings is 1. The Balaban J connectivity index is 1.51. The molecule has 0 bridgehead atoms. The lowest BCUT2D eigenvalue weighted by atomic mass is 9.97. The Morgan fingerprint density at radius 2 is 2.04 bits per heavy atom. The van der Waals surface area contributed by atoms with Gasteiger partial charge in [-0.25, -0.2) is 4.98 Å². The zero-order valence-corrected chi connectivity index (χ0v) is 15.8. The Morgan fingerprint density at radius 1 is 1.27 bits per heavy atom. The number of aryl methyl sites for hydroxylation is 1. The number of carbonyl (C=O) groups excluding carboxylic acids is 1. The van der Waals surface area contributed by atoms with Crippen LogP contribution in [0.1, 0.15) is 42.1 Å². The molecule has 0 saturated carbocycles. The molecule has 1 unspecified atom stereocenters. The third kappa shape index (κ3) is 3.30. The Labute approximate surface area is 157 Å². The van der Waals surface area contributed by atoms with Crippen LogP contribution in [0.4, 0.5) is 0 Å². The fourth-order valence-electron chi connectivity index (χ4n) is 3.77. The number of fused-ring (bicyclic) bond motifs is 2. The highest BCUT2D eigenvalue weighted by molar-refractivity contribution is 7.99. The molecule has 1 aromatic carbocycles. The fourth-order valence-corrected chi connectivity index (χ4v) is 4.92.